The first-order chi connectivity index (χ1) is 7.59. The maximum atomic E-state index is 10.1. The molecule has 0 aliphatic carbocycles. The first-order valence-corrected chi connectivity index (χ1v) is 5.46. The summed E-state index contributed by atoms with van der Waals surface area (Å²) in [6, 6.07) is 12.2. The van der Waals surface area contributed by atoms with Gasteiger partial charge in [-0.3, -0.25) is 0 Å². The molecule has 0 unspecified atom stereocenters. The van der Waals surface area contributed by atoms with Gasteiger partial charge in [-0.15, -0.1) is 0 Å². The van der Waals surface area contributed by atoms with Crippen LogP contribution in [0.15, 0.2) is 36.4 Å². The molecule has 16 heavy (non-hydrogen) atoms. The summed E-state index contributed by atoms with van der Waals surface area (Å²) in [5.41, 5.74) is 5.26. The number of phenolic OH excluding ortho intramolecular Hbond substituents is 1. The van der Waals surface area contributed by atoms with Gasteiger partial charge in [-0.25, -0.2) is 0 Å². The normalized spacial score (nSPS) is 10.4. The number of rotatable bonds is 1. The van der Waals surface area contributed by atoms with Crippen molar-refractivity contribution in [1.82, 2.24) is 0 Å². The lowest BCUT2D eigenvalue weighted by molar-refractivity contribution is 0.473. The van der Waals surface area contributed by atoms with Crippen molar-refractivity contribution in [2.75, 3.05) is 0 Å². The summed E-state index contributed by atoms with van der Waals surface area (Å²) in [5, 5.41) is 10.1. The van der Waals surface area contributed by atoms with Crippen molar-refractivity contribution in [2.24, 2.45) is 0 Å². The molecule has 0 radical (unpaired) electrons. The predicted octanol–water partition coefficient (Wildman–Crippen LogP) is 3.98. The molecular formula is C15H16O. The average Bonchev–Trinajstić information content (AvgIpc) is 2.24. The fourth-order valence-electron chi connectivity index (χ4n) is 1.96. The maximum absolute atomic E-state index is 10.1. The van der Waals surface area contributed by atoms with E-state index < -0.39 is 0 Å². The van der Waals surface area contributed by atoms with Crippen LogP contribution < -0.4 is 0 Å². The summed E-state index contributed by atoms with van der Waals surface area (Å²) < 4.78 is 0. The van der Waals surface area contributed by atoms with Crippen LogP contribution in [0.1, 0.15) is 16.7 Å². The van der Waals surface area contributed by atoms with Crippen LogP contribution in [0.25, 0.3) is 11.1 Å². The molecule has 2 rings (SSSR count). The highest BCUT2D eigenvalue weighted by Crippen LogP contribution is 2.35. The van der Waals surface area contributed by atoms with Gasteiger partial charge in [0.15, 0.2) is 0 Å². The van der Waals surface area contributed by atoms with Crippen LogP contribution in [0.3, 0.4) is 0 Å². The van der Waals surface area contributed by atoms with Crippen LogP contribution in [0.4, 0.5) is 0 Å². The smallest absolute Gasteiger partial charge is 0.126 e. The molecule has 0 aliphatic rings. The monoisotopic (exact) mass is 212 g/mol. The number of aryl methyl sites for hydroxylation is 3. The average molecular weight is 212 g/mol. The number of hydrogen-bond acceptors (Lipinski definition) is 1. The molecule has 0 amide bonds. The van der Waals surface area contributed by atoms with E-state index in [-0.39, 0.29) is 0 Å². The van der Waals surface area contributed by atoms with E-state index in [0.29, 0.717) is 5.75 Å². The van der Waals surface area contributed by atoms with Gasteiger partial charge < -0.3 is 5.11 Å². The highest BCUT2D eigenvalue weighted by molar-refractivity contribution is 5.75. The number of phenols is 1. The summed E-state index contributed by atoms with van der Waals surface area (Å²) in [6.45, 7) is 6.01. The summed E-state index contributed by atoms with van der Waals surface area (Å²) in [6.07, 6.45) is 0. The molecule has 82 valence electrons. The second-order valence-corrected chi connectivity index (χ2v) is 4.29. The quantitative estimate of drug-likeness (QED) is 0.758. The summed E-state index contributed by atoms with van der Waals surface area (Å²) >= 11 is 0. The van der Waals surface area contributed by atoms with E-state index in [2.05, 4.69) is 19.1 Å². The van der Waals surface area contributed by atoms with Gasteiger partial charge in [0.1, 0.15) is 5.75 Å². The Morgan fingerprint density at radius 1 is 0.875 bits per heavy atom. The Kier molecular flexibility index (Phi) is 2.69. The van der Waals surface area contributed by atoms with Crippen LogP contribution in [0.2, 0.25) is 0 Å². The second-order valence-electron chi connectivity index (χ2n) is 4.29. The van der Waals surface area contributed by atoms with E-state index in [1.165, 1.54) is 5.56 Å². The fraction of sp³-hybridized carbons (Fsp3) is 0.200. The molecule has 2 aromatic carbocycles. The first kappa shape index (κ1) is 10.7. The highest BCUT2D eigenvalue weighted by atomic mass is 16.3. The molecule has 0 heterocycles. The van der Waals surface area contributed by atoms with Gasteiger partial charge in [-0.05, 0) is 37.5 Å². The van der Waals surface area contributed by atoms with Crippen molar-refractivity contribution in [3.8, 4) is 16.9 Å². The molecule has 0 aliphatic heterocycles. The van der Waals surface area contributed by atoms with Crippen LogP contribution in [-0.4, -0.2) is 5.11 Å². The molecule has 0 bridgehead atoms. The molecule has 1 nitrogen and oxygen atoms in total. The Morgan fingerprint density at radius 3 is 2.25 bits per heavy atom. The standard InChI is InChI=1S/C15H16O/c1-10-5-4-6-13(9-10)14-11(2)7-8-12(3)15(14)16/h4-9,16H,1-3H3. The predicted molar refractivity (Wildman–Crippen MR) is 67.8 cm³/mol. The SMILES string of the molecule is Cc1cccc(-c2c(C)ccc(C)c2O)c1. The third-order valence-electron chi connectivity index (χ3n) is 2.89. The number of benzene rings is 2. The van der Waals surface area contributed by atoms with Crippen molar-refractivity contribution in [3.05, 3.63) is 53.1 Å². The zero-order valence-electron chi connectivity index (χ0n) is 9.91. The molecule has 0 fully saturated rings. The van der Waals surface area contributed by atoms with E-state index in [1.807, 2.05) is 38.1 Å². The molecule has 0 aromatic heterocycles. The minimum Gasteiger partial charge on any atom is -0.507 e. The maximum Gasteiger partial charge on any atom is 0.126 e. The van der Waals surface area contributed by atoms with Gasteiger partial charge in [-0.1, -0.05) is 42.0 Å². The van der Waals surface area contributed by atoms with E-state index >= 15 is 0 Å². The van der Waals surface area contributed by atoms with Crippen molar-refractivity contribution in [2.45, 2.75) is 20.8 Å². The third-order valence-corrected chi connectivity index (χ3v) is 2.89. The van der Waals surface area contributed by atoms with Gasteiger partial charge in [0.05, 0.1) is 0 Å². The van der Waals surface area contributed by atoms with Crippen molar-refractivity contribution in [1.29, 1.82) is 0 Å². The van der Waals surface area contributed by atoms with Gasteiger partial charge >= 0.3 is 0 Å². The van der Waals surface area contributed by atoms with Gasteiger partial charge in [0.25, 0.3) is 0 Å². The van der Waals surface area contributed by atoms with E-state index in [4.69, 9.17) is 0 Å². The van der Waals surface area contributed by atoms with Gasteiger partial charge in [-0.2, -0.15) is 0 Å². The molecule has 2 aromatic rings. The largest absolute Gasteiger partial charge is 0.507 e. The van der Waals surface area contributed by atoms with Crippen LogP contribution in [0.5, 0.6) is 5.75 Å². The van der Waals surface area contributed by atoms with Crippen LogP contribution >= 0.6 is 0 Å². The van der Waals surface area contributed by atoms with E-state index in [0.717, 1.165) is 22.3 Å². The molecule has 0 saturated carbocycles. The van der Waals surface area contributed by atoms with Gasteiger partial charge in [0.2, 0.25) is 0 Å². The van der Waals surface area contributed by atoms with Crippen LogP contribution in [0, 0.1) is 20.8 Å². The van der Waals surface area contributed by atoms with E-state index in [1.54, 1.807) is 0 Å². The Balaban J connectivity index is 2.68. The third kappa shape index (κ3) is 1.81. The van der Waals surface area contributed by atoms with Gasteiger partial charge in [0, 0.05) is 5.56 Å². The summed E-state index contributed by atoms with van der Waals surface area (Å²) in [5.74, 6) is 0.394. The zero-order chi connectivity index (χ0) is 11.7. The Morgan fingerprint density at radius 2 is 1.56 bits per heavy atom. The number of aromatic hydroxyl groups is 1. The van der Waals surface area contributed by atoms with Crippen molar-refractivity contribution in [3.63, 3.8) is 0 Å². The minimum atomic E-state index is 0.394. The molecule has 1 N–H and O–H groups in total. The molecule has 0 atom stereocenters. The van der Waals surface area contributed by atoms with Crippen molar-refractivity contribution >= 4 is 0 Å². The summed E-state index contributed by atoms with van der Waals surface area (Å²) in [7, 11) is 0. The van der Waals surface area contributed by atoms with Crippen LogP contribution in [-0.2, 0) is 0 Å². The fourth-order valence-corrected chi connectivity index (χ4v) is 1.96. The first-order valence-electron chi connectivity index (χ1n) is 5.46. The lowest BCUT2D eigenvalue weighted by Crippen LogP contribution is -1.87. The topological polar surface area (TPSA) is 20.2 Å². The highest BCUT2D eigenvalue weighted by Gasteiger charge is 2.09. The lowest BCUT2D eigenvalue weighted by atomic mass is 9.96. The minimum absolute atomic E-state index is 0.394. The van der Waals surface area contributed by atoms with E-state index in [9.17, 15) is 5.11 Å². The number of hydrogen-bond donors (Lipinski definition) is 1. The molecule has 0 spiro atoms. The molecule has 1 heteroatoms. The lowest BCUT2D eigenvalue weighted by Gasteiger charge is -2.11. The zero-order valence-corrected chi connectivity index (χ0v) is 9.91. The van der Waals surface area contributed by atoms with Crippen molar-refractivity contribution < 1.29 is 5.11 Å². The molecule has 0 saturated heterocycles. The summed E-state index contributed by atoms with van der Waals surface area (Å²) in [4.78, 5) is 0. The molecular weight excluding hydrogens is 196 g/mol. The second kappa shape index (κ2) is 4.01. The Hall–Kier alpha value is -1.76. The Labute approximate surface area is 96.4 Å². The Bertz CT molecular complexity index is 527.